The molecule has 0 aliphatic carbocycles. The molecule has 9 heteroatoms. The van der Waals surface area contributed by atoms with E-state index in [1.54, 1.807) is 30.3 Å². The number of guanidine groups is 1. The standard InChI is InChI=1S/C19H33N5O2S.HI/c1-4-26-13-6-10-20-19(21-15-17(25)23(2)3)22-16-8-11-24(12-9-16)18-7-5-14-27-18;/h5,7,14,16H,4,6,8-13,15H2,1-3H3,(H2,20,21,22);1H. The Morgan fingerprint density at radius 3 is 2.75 bits per heavy atom. The number of anilines is 1. The summed E-state index contributed by atoms with van der Waals surface area (Å²) in [4.78, 5) is 20.3. The Kier molecular flexibility index (Phi) is 12.5. The zero-order valence-electron chi connectivity index (χ0n) is 17.1. The van der Waals surface area contributed by atoms with Crippen molar-refractivity contribution in [2.24, 2.45) is 4.99 Å². The lowest BCUT2D eigenvalue weighted by atomic mass is 10.1. The Hall–Kier alpha value is -1.07. The van der Waals surface area contributed by atoms with Gasteiger partial charge in [0.15, 0.2) is 5.96 Å². The molecular weight excluding hydrogens is 489 g/mol. The maximum atomic E-state index is 11.9. The molecule has 0 bridgehead atoms. The van der Waals surface area contributed by atoms with E-state index in [1.807, 2.05) is 6.92 Å². The lowest BCUT2D eigenvalue weighted by Crippen LogP contribution is -2.49. The number of aliphatic imine (C=N–C) groups is 1. The van der Waals surface area contributed by atoms with Crippen molar-refractivity contribution < 1.29 is 9.53 Å². The van der Waals surface area contributed by atoms with Crippen molar-refractivity contribution in [2.75, 3.05) is 58.4 Å². The SMILES string of the molecule is CCOCCCNC(=NCC(=O)N(C)C)NC1CCN(c2cccs2)CC1.I. The zero-order valence-corrected chi connectivity index (χ0v) is 20.3. The fourth-order valence-corrected chi connectivity index (χ4v) is 3.64. The molecule has 0 radical (unpaired) electrons. The number of hydrogen-bond acceptors (Lipinski definition) is 5. The van der Waals surface area contributed by atoms with Crippen molar-refractivity contribution in [2.45, 2.75) is 32.2 Å². The van der Waals surface area contributed by atoms with Crippen LogP contribution in [0.15, 0.2) is 22.5 Å². The number of carbonyl (C=O) groups excluding carboxylic acids is 1. The number of amides is 1. The largest absolute Gasteiger partial charge is 0.382 e. The summed E-state index contributed by atoms with van der Waals surface area (Å²) in [5.41, 5.74) is 0. The van der Waals surface area contributed by atoms with Gasteiger partial charge >= 0.3 is 0 Å². The molecule has 1 aliphatic heterocycles. The highest BCUT2D eigenvalue weighted by molar-refractivity contribution is 14.0. The Labute approximate surface area is 189 Å². The molecule has 160 valence electrons. The number of nitrogens with one attached hydrogen (secondary N) is 2. The van der Waals surface area contributed by atoms with E-state index in [4.69, 9.17) is 4.74 Å². The summed E-state index contributed by atoms with van der Waals surface area (Å²) in [6.07, 6.45) is 3.02. The Bertz CT molecular complexity index is 575. The Morgan fingerprint density at radius 1 is 1.39 bits per heavy atom. The van der Waals surface area contributed by atoms with Crippen LogP contribution in [-0.4, -0.2) is 76.3 Å². The van der Waals surface area contributed by atoms with E-state index in [0.29, 0.717) is 6.04 Å². The highest BCUT2D eigenvalue weighted by atomic mass is 127. The first-order chi connectivity index (χ1) is 13.1. The Balaban J connectivity index is 0.00000392. The molecule has 1 fully saturated rings. The molecule has 0 atom stereocenters. The van der Waals surface area contributed by atoms with Gasteiger partial charge in [-0.25, -0.2) is 4.99 Å². The van der Waals surface area contributed by atoms with Crippen LogP contribution in [0.2, 0.25) is 0 Å². The van der Waals surface area contributed by atoms with Crippen molar-refractivity contribution in [1.29, 1.82) is 0 Å². The molecule has 2 rings (SSSR count). The van der Waals surface area contributed by atoms with Gasteiger partial charge < -0.3 is 25.2 Å². The lowest BCUT2D eigenvalue weighted by Gasteiger charge is -2.33. The number of ether oxygens (including phenoxy) is 1. The molecule has 1 aromatic heterocycles. The average Bonchev–Trinajstić information content (AvgIpc) is 3.20. The number of thiophene rings is 1. The quantitative estimate of drug-likeness (QED) is 0.225. The zero-order chi connectivity index (χ0) is 19.5. The van der Waals surface area contributed by atoms with Gasteiger partial charge in [-0.1, -0.05) is 0 Å². The summed E-state index contributed by atoms with van der Waals surface area (Å²) < 4.78 is 5.38. The molecule has 28 heavy (non-hydrogen) atoms. The molecule has 0 spiro atoms. The van der Waals surface area contributed by atoms with Crippen molar-refractivity contribution in [1.82, 2.24) is 15.5 Å². The number of likely N-dealkylation sites (N-methyl/N-ethyl adjacent to an activating group) is 1. The fraction of sp³-hybridized carbons (Fsp3) is 0.684. The second kappa shape index (κ2) is 14.0. The van der Waals surface area contributed by atoms with Crippen molar-refractivity contribution in [3.8, 4) is 0 Å². The maximum Gasteiger partial charge on any atom is 0.243 e. The molecule has 1 amide bonds. The van der Waals surface area contributed by atoms with Gasteiger partial charge in [-0.05, 0) is 43.7 Å². The van der Waals surface area contributed by atoms with Crippen LogP contribution in [0.25, 0.3) is 0 Å². The molecular formula is C19H34IN5O2S. The second-order valence-corrected chi connectivity index (χ2v) is 7.71. The van der Waals surface area contributed by atoms with Crippen LogP contribution in [0.5, 0.6) is 0 Å². The second-order valence-electron chi connectivity index (χ2n) is 6.79. The topological polar surface area (TPSA) is 69.2 Å². The molecule has 0 unspecified atom stereocenters. The van der Waals surface area contributed by atoms with E-state index >= 15 is 0 Å². The van der Waals surface area contributed by atoms with E-state index in [2.05, 4.69) is 38.0 Å². The van der Waals surface area contributed by atoms with Gasteiger partial charge in [-0.15, -0.1) is 35.3 Å². The van der Waals surface area contributed by atoms with Crippen LogP contribution in [0.1, 0.15) is 26.2 Å². The highest BCUT2D eigenvalue weighted by Crippen LogP contribution is 2.24. The first-order valence-corrected chi connectivity index (χ1v) is 10.6. The minimum atomic E-state index is -0.00192. The average molecular weight is 523 g/mol. The molecule has 2 heterocycles. The number of nitrogens with zero attached hydrogens (tertiary/aromatic N) is 3. The summed E-state index contributed by atoms with van der Waals surface area (Å²) in [5, 5.41) is 10.3. The van der Waals surface area contributed by atoms with Gasteiger partial charge in [0.1, 0.15) is 6.54 Å². The number of rotatable bonds is 9. The maximum absolute atomic E-state index is 11.9. The van der Waals surface area contributed by atoms with Crippen LogP contribution in [0.4, 0.5) is 5.00 Å². The van der Waals surface area contributed by atoms with Gasteiger partial charge in [-0.2, -0.15) is 0 Å². The summed E-state index contributed by atoms with van der Waals surface area (Å²) in [5.74, 6) is 0.717. The van der Waals surface area contributed by atoms with Gasteiger partial charge in [-0.3, -0.25) is 4.79 Å². The number of hydrogen-bond donors (Lipinski definition) is 2. The minimum Gasteiger partial charge on any atom is -0.382 e. The molecule has 0 saturated carbocycles. The smallest absolute Gasteiger partial charge is 0.243 e. The molecule has 2 N–H and O–H groups in total. The number of piperidine rings is 1. The fourth-order valence-electron chi connectivity index (χ4n) is 2.85. The first kappa shape index (κ1) is 25.0. The van der Waals surface area contributed by atoms with E-state index in [0.717, 1.165) is 58.1 Å². The van der Waals surface area contributed by atoms with E-state index in [9.17, 15) is 4.79 Å². The first-order valence-electron chi connectivity index (χ1n) is 9.71. The molecule has 0 aromatic carbocycles. The Morgan fingerprint density at radius 2 is 2.14 bits per heavy atom. The third-order valence-electron chi connectivity index (χ3n) is 4.49. The van der Waals surface area contributed by atoms with Crippen molar-refractivity contribution >= 4 is 52.2 Å². The molecule has 1 aromatic rings. The predicted octanol–water partition coefficient (Wildman–Crippen LogP) is 2.38. The summed E-state index contributed by atoms with van der Waals surface area (Å²) in [7, 11) is 3.50. The number of carbonyl (C=O) groups is 1. The number of halogens is 1. The molecule has 7 nitrogen and oxygen atoms in total. The monoisotopic (exact) mass is 523 g/mol. The van der Waals surface area contributed by atoms with Crippen LogP contribution < -0.4 is 15.5 Å². The predicted molar refractivity (Wildman–Crippen MR) is 128 cm³/mol. The van der Waals surface area contributed by atoms with Gasteiger partial charge in [0.2, 0.25) is 5.91 Å². The minimum absolute atomic E-state index is 0. The van der Waals surface area contributed by atoms with Crippen LogP contribution in [0.3, 0.4) is 0 Å². The molecule has 1 saturated heterocycles. The lowest BCUT2D eigenvalue weighted by molar-refractivity contribution is -0.127. The van der Waals surface area contributed by atoms with Gasteiger partial charge in [0, 0.05) is 53.0 Å². The van der Waals surface area contributed by atoms with E-state index in [-0.39, 0.29) is 36.4 Å². The normalized spacial score (nSPS) is 15.1. The van der Waals surface area contributed by atoms with Crippen molar-refractivity contribution in [3.05, 3.63) is 17.5 Å². The molecule has 1 aliphatic rings. The van der Waals surface area contributed by atoms with Crippen LogP contribution in [-0.2, 0) is 9.53 Å². The van der Waals surface area contributed by atoms with E-state index in [1.165, 1.54) is 5.00 Å². The highest BCUT2D eigenvalue weighted by Gasteiger charge is 2.20. The third kappa shape index (κ3) is 8.95. The summed E-state index contributed by atoms with van der Waals surface area (Å²) >= 11 is 1.79. The third-order valence-corrected chi connectivity index (χ3v) is 5.42. The van der Waals surface area contributed by atoms with Crippen molar-refractivity contribution in [3.63, 3.8) is 0 Å². The summed E-state index contributed by atoms with van der Waals surface area (Å²) in [6, 6.07) is 4.65. The van der Waals surface area contributed by atoms with Crippen LogP contribution in [0, 0.1) is 0 Å². The van der Waals surface area contributed by atoms with Gasteiger partial charge in [0.05, 0.1) is 5.00 Å². The van der Waals surface area contributed by atoms with Gasteiger partial charge in [0.25, 0.3) is 0 Å². The summed E-state index contributed by atoms with van der Waals surface area (Å²) in [6.45, 7) is 6.46. The van der Waals surface area contributed by atoms with E-state index < -0.39 is 0 Å². The van der Waals surface area contributed by atoms with Crippen LogP contribution >= 0.6 is 35.3 Å².